The largest absolute Gasteiger partial charge is 0.484 e. The molecule has 0 spiro atoms. The van der Waals surface area contributed by atoms with Gasteiger partial charge in [0.15, 0.2) is 6.61 Å². The van der Waals surface area contributed by atoms with Crippen LogP contribution < -0.4 is 10.5 Å². The Balaban J connectivity index is 1.86. The zero-order valence-electron chi connectivity index (χ0n) is 11.2. The van der Waals surface area contributed by atoms with Gasteiger partial charge in [0.2, 0.25) is 0 Å². The summed E-state index contributed by atoms with van der Waals surface area (Å²) >= 11 is 0. The van der Waals surface area contributed by atoms with E-state index in [0.29, 0.717) is 24.6 Å². The van der Waals surface area contributed by atoms with Crippen molar-refractivity contribution < 1.29 is 14.3 Å². The molecular weight excluding hydrogens is 244 g/mol. The Labute approximate surface area is 113 Å². The van der Waals surface area contributed by atoms with Crippen LogP contribution in [0.1, 0.15) is 13.3 Å². The molecule has 19 heavy (non-hydrogen) atoms. The van der Waals surface area contributed by atoms with E-state index in [1.54, 1.807) is 29.2 Å². The van der Waals surface area contributed by atoms with Gasteiger partial charge in [0.05, 0.1) is 6.10 Å². The molecule has 5 heteroatoms. The van der Waals surface area contributed by atoms with E-state index in [1.165, 1.54) is 0 Å². The van der Waals surface area contributed by atoms with Gasteiger partial charge < -0.3 is 20.1 Å². The fourth-order valence-electron chi connectivity index (χ4n) is 2.06. The van der Waals surface area contributed by atoms with Gasteiger partial charge in [-0.1, -0.05) is 6.07 Å². The maximum absolute atomic E-state index is 12.1. The molecular formula is C14H20N2O3. The molecule has 1 unspecified atom stereocenters. The molecule has 0 aromatic heterocycles. The van der Waals surface area contributed by atoms with E-state index in [-0.39, 0.29) is 18.6 Å². The Hall–Kier alpha value is -1.75. The minimum Gasteiger partial charge on any atom is -0.484 e. The van der Waals surface area contributed by atoms with Gasteiger partial charge >= 0.3 is 0 Å². The first-order chi connectivity index (χ1) is 9.15. The smallest absolute Gasteiger partial charge is 0.260 e. The first kappa shape index (κ1) is 13.7. The highest BCUT2D eigenvalue weighted by molar-refractivity contribution is 5.77. The van der Waals surface area contributed by atoms with Crippen molar-refractivity contribution in [2.24, 2.45) is 0 Å². The van der Waals surface area contributed by atoms with Crippen LogP contribution in [0.25, 0.3) is 0 Å². The maximum Gasteiger partial charge on any atom is 0.260 e. The van der Waals surface area contributed by atoms with Crippen LogP contribution in [0.15, 0.2) is 24.3 Å². The summed E-state index contributed by atoms with van der Waals surface area (Å²) in [4.78, 5) is 13.9. The van der Waals surface area contributed by atoms with Crippen LogP contribution in [0.4, 0.5) is 5.69 Å². The summed E-state index contributed by atoms with van der Waals surface area (Å²) in [5.74, 6) is 0.604. The van der Waals surface area contributed by atoms with Crippen LogP contribution in [0, 0.1) is 0 Å². The number of carbonyl (C=O) groups is 1. The Morgan fingerprint density at radius 3 is 3.21 bits per heavy atom. The molecule has 1 amide bonds. The van der Waals surface area contributed by atoms with E-state index < -0.39 is 0 Å². The number of benzene rings is 1. The second-order valence-electron chi connectivity index (χ2n) is 4.74. The molecule has 0 bridgehead atoms. The van der Waals surface area contributed by atoms with Gasteiger partial charge in [-0.15, -0.1) is 0 Å². The molecule has 1 aliphatic heterocycles. The molecule has 0 aliphatic carbocycles. The quantitative estimate of drug-likeness (QED) is 0.835. The first-order valence-corrected chi connectivity index (χ1v) is 6.53. The number of anilines is 1. The summed E-state index contributed by atoms with van der Waals surface area (Å²) in [6.07, 6.45) is 0.952. The predicted octanol–water partition coefficient (Wildman–Crippen LogP) is 1.29. The second kappa shape index (κ2) is 6.43. The van der Waals surface area contributed by atoms with Gasteiger partial charge in [0.25, 0.3) is 5.91 Å². The number of nitrogens with zero attached hydrogens (tertiary/aromatic N) is 1. The van der Waals surface area contributed by atoms with Crippen molar-refractivity contribution in [2.45, 2.75) is 19.4 Å². The lowest BCUT2D eigenvalue weighted by Crippen LogP contribution is -2.38. The molecule has 1 aromatic rings. The summed E-state index contributed by atoms with van der Waals surface area (Å²) < 4.78 is 11.0. The Kier molecular flexibility index (Phi) is 4.63. The second-order valence-corrected chi connectivity index (χ2v) is 4.74. The molecule has 1 aromatic carbocycles. The van der Waals surface area contributed by atoms with Gasteiger partial charge in [-0.25, -0.2) is 0 Å². The van der Waals surface area contributed by atoms with Crippen LogP contribution >= 0.6 is 0 Å². The number of ether oxygens (including phenoxy) is 2. The SMILES string of the molecule is CC1CN(C(=O)COc2cccc(N)c2)CCCO1. The lowest BCUT2D eigenvalue weighted by molar-refractivity contribution is -0.134. The number of hydrogen-bond donors (Lipinski definition) is 1. The van der Waals surface area contributed by atoms with Gasteiger partial charge in [0.1, 0.15) is 5.75 Å². The summed E-state index contributed by atoms with van der Waals surface area (Å²) in [6.45, 7) is 4.07. The van der Waals surface area contributed by atoms with Crippen LogP contribution in [0.5, 0.6) is 5.75 Å². The zero-order valence-corrected chi connectivity index (χ0v) is 11.2. The predicted molar refractivity (Wildman–Crippen MR) is 73.0 cm³/mol. The summed E-state index contributed by atoms with van der Waals surface area (Å²) in [5.41, 5.74) is 6.28. The molecule has 104 valence electrons. The third-order valence-corrected chi connectivity index (χ3v) is 3.03. The number of carbonyl (C=O) groups excluding carboxylic acids is 1. The highest BCUT2D eigenvalue weighted by atomic mass is 16.5. The summed E-state index contributed by atoms with van der Waals surface area (Å²) in [7, 11) is 0. The van der Waals surface area contributed by atoms with Crippen LogP contribution in [-0.4, -0.2) is 43.2 Å². The molecule has 2 rings (SSSR count). The fraction of sp³-hybridized carbons (Fsp3) is 0.500. The number of amides is 1. The lowest BCUT2D eigenvalue weighted by Gasteiger charge is -2.22. The minimum atomic E-state index is -0.0141. The number of nitrogens with two attached hydrogens (primary N) is 1. The molecule has 1 atom stereocenters. The van der Waals surface area contributed by atoms with Gasteiger partial charge in [-0.05, 0) is 25.5 Å². The van der Waals surface area contributed by atoms with Crippen molar-refractivity contribution >= 4 is 11.6 Å². The van der Waals surface area contributed by atoms with Crippen molar-refractivity contribution in [3.63, 3.8) is 0 Å². The highest BCUT2D eigenvalue weighted by Crippen LogP contribution is 2.14. The molecule has 1 heterocycles. The third-order valence-electron chi connectivity index (χ3n) is 3.03. The van der Waals surface area contributed by atoms with Crippen molar-refractivity contribution in [3.8, 4) is 5.75 Å². The average Bonchev–Trinajstić information content (AvgIpc) is 2.61. The van der Waals surface area contributed by atoms with Crippen molar-refractivity contribution in [1.82, 2.24) is 4.90 Å². The van der Waals surface area contributed by atoms with E-state index in [2.05, 4.69) is 0 Å². The van der Waals surface area contributed by atoms with E-state index in [0.717, 1.165) is 13.0 Å². The average molecular weight is 264 g/mol. The molecule has 0 saturated carbocycles. The molecule has 5 nitrogen and oxygen atoms in total. The number of rotatable bonds is 3. The summed E-state index contributed by atoms with van der Waals surface area (Å²) in [5, 5.41) is 0. The van der Waals surface area contributed by atoms with E-state index >= 15 is 0 Å². The van der Waals surface area contributed by atoms with Gasteiger partial charge in [0, 0.05) is 31.5 Å². The van der Waals surface area contributed by atoms with Crippen molar-refractivity contribution in [2.75, 3.05) is 32.0 Å². The maximum atomic E-state index is 12.1. The molecule has 1 aliphatic rings. The zero-order chi connectivity index (χ0) is 13.7. The van der Waals surface area contributed by atoms with Crippen LogP contribution in [0.3, 0.4) is 0 Å². The number of hydrogen-bond acceptors (Lipinski definition) is 4. The molecule has 1 fully saturated rings. The highest BCUT2D eigenvalue weighted by Gasteiger charge is 2.20. The molecule has 0 radical (unpaired) electrons. The molecule has 1 saturated heterocycles. The minimum absolute atomic E-state index is 0.0141. The van der Waals surface area contributed by atoms with E-state index in [9.17, 15) is 4.79 Å². The van der Waals surface area contributed by atoms with E-state index in [4.69, 9.17) is 15.2 Å². The summed E-state index contributed by atoms with van der Waals surface area (Å²) in [6, 6.07) is 7.08. The number of nitrogen functional groups attached to an aromatic ring is 1. The Morgan fingerprint density at radius 1 is 1.58 bits per heavy atom. The molecule has 2 N–H and O–H groups in total. The van der Waals surface area contributed by atoms with Crippen LogP contribution in [0.2, 0.25) is 0 Å². The van der Waals surface area contributed by atoms with Crippen molar-refractivity contribution in [3.05, 3.63) is 24.3 Å². The topological polar surface area (TPSA) is 64.8 Å². The Morgan fingerprint density at radius 2 is 2.42 bits per heavy atom. The van der Waals surface area contributed by atoms with Crippen LogP contribution in [-0.2, 0) is 9.53 Å². The third kappa shape index (κ3) is 4.13. The standard InChI is InChI=1S/C14H20N2O3/c1-11-9-16(6-3-7-18-11)14(17)10-19-13-5-2-4-12(15)8-13/h2,4-5,8,11H,3,6-7,9-10,15H2,1H3. The van der Waals surface area contributed by atoms with E-state index in [1.807, 2.05) is 6.92 Å². The fourth-order valence-corrected chi connectivity index (χ4v) is 2.06. The monoisotopic (exact) mass is 264 g/mol. The lowest BCUT2D eigenvalue weighted by atomic mass is 10.3. The van der Waals surface area contributed by atoms with Gasteiger partial charge in [-0.3, -0.25) is 4.79 Å². The Bertz CT molecular complexity index is 436. The normalized spacial score (nSPS) is 19.8. The van der Waals surface area contributed by atoms with Gasteiger partial charge in [-0.2, -0.15) is 0 Å². The first-order valence-electron chi connectivity index (χ1n) is 6.53. The van der Waals surface area contributed by atoms with Crippen molar-refractivity contribution in [1.29, 1.82) is 0 Å².